The first kappa shape index (κ1) is 18.4. The quantitative estimate of drug-likeness (QED) is 0.331. The molecule has 1 fully saturated rings. The number of alkyl halides is 1. The molecule has 0 spiro atoms. The highest BCUT2D eigenvalue weighted by Gasteiger charge is 2.44. The standard InChI is InChI=1S/C14H29ClO4Si/c1-6-13-14(18-13)10-12(15)11(5)19-20(9-4,16-7-2)17-8-3/h11-14H,6-10H2,1-5H3. The zero-order chi connectivity index (χ0) is 15.2. The van der Waals surface area contributed by atoms with E-state index in [1.54, 1.807) is 0 Å². The molecule has 0 radical (unpaired) electrons. The second kappa shape index (κ2) is 8.71. The van der Waals surface area contributed by atoms with Gasteiger partial charge >= 0.3 is 8.80 Å². The zero-order valence-corrected chi connectivity index (χ0v) is 15.1. The van der Waals surface area contributed by atoms with Crippen LogP contribution in [0, 0.1) is 0 Å². The Balaban J connectivity index is 2.49. The Morgan fingerprint density at radius 2 is 1.70 bits per heavy atom. The molecule has 0 aliphatic carbocycles. The highest BCUT2D eigenvalue weighted by Crippen LogP contribution is 2.32. The van der Waals surface area contributed by atoms with Crippen molar-refractivity contribution in [2.45, 2.75) is 77.2 Å². The lowest BCUT2D eigenvalue weighted by Gasteiger charge is -2.32. The molecule has 20 heavy (non-hydrogen) atoms. The van der Waals surface area contributed by atoms with Crippen molar-refractivity contribution in [3.63, 3.8) is 0 Å². The number of ether oxygens (including phenoxy) is 1. The van der Waals surface area contributed by atoms with Gasteiger partial charge in [-0.15, -0.1) is 11.6 Å². The van der Waals surface area contributed by atoms with Gasteiger partial charge in [0.05, 0.1) is 23.7 Å². The van der Waals surface area contributed by atoms with Gasteiger partial charge < -0.3 is 18.0 Å². The largest absolute Gasteiger partial charge is 0.500 e. The molecule has 4 nitrogen and oxygen atoms in total. The molecular formula is C14H29ClO4Si. The zero-order valence-electron chi connectivity index (χ0n) is 13.4. The van der Waals surface area contributed by atoms with Crippen LogP contribution in [0.4, 0.5) is 0 Å². The van der Waals surface area contributed by atoms with Crippen molar-refractivity contribution in [2.75, 3.05) is 13.2 Å². The number of epoxide rings is 1. The molecule has 120 valence electrons. The summed E-state index contributed by atoms with van der Waals surface area (Å²) in [6.07, 6.45) is 2.46. The van der Waals surface area contributed by atoms with E-state index in [2.05, 4.69) is 6.92 Å². The lowest BCUT2D eigenvalue weighted by atomic mass is 10.1. The first-order valence-corrected chi connectivity index (χ1v) is 10.1. The minimum atomic E-state index is -2.58. The van der Waals surface area contributed by atoms with Crippen LogP contribution in [0.3, 0.4) is 0 Å². The molecule has 0 aromatic heterocycles. The van der Waals surface area contributed by atoms with Crippen molar-refractivity contribution >= 4 is 20.4 Å². The highest BCUT2D eigenvalue weighted by atomic mass is 35.5. The van der Waals surface area contributed by atoms with E-state index < -0.39 is 8.80 Å². The van der Waals surface area contributed by atoms with Crippen LogP contribution in [0.2, 0.25) is 6.04 Å². The lowest BCUT2D eigenvalue weighted by molar-refractivity contribution is 0.0366. The van der Waals surface area contributed by atoms with Gasteiger partial charge in [-0.25, -0.2) is 0 Å². The van der Waals surface area contributed by atoms with Gasteiger partial charge in [0.25, 0.3) is 0 Å². The van der Waals surface area contributed by atoms with Crippen molar-refractivity contribution in [1.29, 1.82) is 0 Å². The normalized spacial score (nSPS) is 25.5. The molecule has 0 aromatic carbocycles. The van der Waals surface area contributed by atoms with Crippen LogP contribution < -0.4 is 0 Å². The van der Waals surface area contributed by atoms with Gasteiger partial charge in [0, 0.05) is 19.3 Å². The number of halogens is 1. The van der Waals surface area contributed by atoms with E-state index in [-0.39, 0.29) is 11.5 Å². The Hall–Kier alpha value is 0.347. The van der Waals surface area contributed by atoms with E-state index in [9.17, 15) is 0 Å². The van der Waals surface area contributed by atoms with Crippen molar-refractivity contribution in [3.05, 3.63) is 0 Å². The predicted octanol–water partition coefficient (Wildman–Crippen LogP) is 3.60. The van der Waals surface area contributed by atoms with Crippen molar-refractivity contribution in [1.82, 2.24) is 0 Å². The average molecular weight is 325 g/mol. The van der Waals surface area contributed by atoms with Crippen LogP contribution in [0.15, 0.2) is 0 Å². The van der Waals surface area contributed by atoms with Crippen LogP contribution in [-0.4, -0.2) is 45.7 Å². The highest BCUT2D eigenvalue weighted by molar-refractivity contribution is 6.60. The Morgan fingerprint density at radius 3 is 2.10 bits per heavy atom. The van der Waals surface area contributed by atoms with Crippen molar-refractivity contribution in [2.24, 2.45) is 0 Å². The number of hydrogen-bond acceptors (Lipinski definition) is 4. The molecule has 1 rings (SSSR count). The molecule has 0 aromatic rings. The Morgan fingerprint density at radius 1 is 1.10 bits per heavy atom. The van der Waals surface area contributed by atoms with Gasteiger partial charge in [-0.3, -0.25) is 0 Å². The molecule has 4 atom stereocenters. The van der Waals surface area contributed by atoms with E-state index in [4.69, 9.17) is 29.6 Å². The maximum Gasteiger partial charge on any atom is 0.500 e. The minimum Gasteiger partial charge on any atom is -0.374 e. The fourth-order valence-electron chi connectivity index (χ4n) is 2.35. The molecule has 4 unspecified atom stereocenters. The summed E-state index contributed by atoms with van der Waals surface area (Å²) in [6, 6.07) is 0.764. The second-order valence-corrected chi connectivity index (χ2v) is 8.55. The van der Waals surface area contributed by atoms with Gasteiger partial charge in [0.2, 0.25) is 0 Å². The third kappa shape index (κ3) is 5.28. The Bertz CT molecular complexity index is 274. The molecule has 6 heteroatoms. The molecule has 1 aliphatic rings. The Kier molecular flexibility index (Phi) is 8.01. The summed E-state index contributed by atoms with van der Waals surface area (Å²) in [5.74, 6) is 0. The summed E-state index contributed by atoms with van der Waals surface area (Å²) in [5.41, 5.74) is 0. The monoisotopic (exact) mass is 324 g/mol. The molecule has 1 aliphatic heterocycles. The molecule has 0 N–H and O–H groups in total. The molecular weight excluding hydrogens is 296 g/mol. The lowest BCUT2D eigenvalue weighted by Crippen LogP contribution is -2.49. The van der Waals surface area contributed by atoms with Gasteiger partial charge in [-0.1, -0.05) is 13.8 Å². The van der Waals surface area contributed by atoms with E-state index in [0.717, 1.165) is 18.9 Å². The SMILES string of the molecule is CCO[Si](CC)(OCC)OC(C)C(Cl)CC1OC1CC. The summed E-state index contributed by atoms with van der Waals surface area (Å²) in [7, 11) is -2.58. The maximum atomic E-state index is 6.46. The minimum absolute atomic E-state index is 0.0733. The first-order valence-electron chi connectivity index (χ1n) is 7.77. The van der Waals surface area contributed by atoms with Crippen LogP contribution in [0.25, 0.3) is 0 Å². The van der Waals surface area contributed by atoms with E-state index in [1.807, 2.05) is 27.7 Å². The van der Waals surface area contributed by atoms with Crippen molar-refractivity contribution < 1.29 is 18.0 Å². The van der Waals surface area contributed by atoms with E-state index >= 15 is 0 Å². The number of rotatable bonds is 11. The van der Waals surface area contributed by atoms with Gasteiger partial charge in [-0.2, -0.15) is 0 Å². The maximum absolute atomic E-state index is 6.46. The topological polar surface area (TPSA) is 40.2 Å². The molecule has 1 saturated heterocycles. The van der Waals surface area contributed by atoms with Gasteiger partial charge in [-0.05, 0) is 33.6 Å². The summed E-state index contributed by atoms with van der Waals surface area (Å²) in [5, 5.41) is -0.0733. The average Bonchev–Trinajstić information content (AvgIpc) is 3.17. The fourth-order valence-corrected chi connectivity index (χ4v) is 5.07. The molecule has 0 bridgehead atoms. The molecule has 1 heterocycles. The van der Waals surface area contributed by atoms with Crippen molar-refractivity contribution in [3.8, 4) is 0 Å². The third-order valence-corrected chi connectivity index (χ3v) is 7.17. The first-order chi connectivity index (χ1) is 9.51. The van der Waals surface area contributed by atoms with Crippen LogP contribution in [-0.2, 0) is 18.0 Å². The smallest absolute Gasteiger partial charge is 0.374 e. The van der Waals surface area contributed by atoms with Crippen LogP contribution in [0.5, 0.6) is 0 Å². The van der Waals surface area contributed by atoms with E-state index in [1.165, 1.54) is 0 Å². The van der Waals surface area contributed by atoms with E-state index in [0.29, 0.717) is 25.4 Å². The fraction of sp³-hybridized carbons (Fsp3) is 1.00. The summed E-state index contributed by atoms with van der Waals surface area (Å²) in [4.78, 5) is 0. The van der Waals surface area contributed by atoms with Gasteiger partial charge in [0.15, 0.2) is 0 Å². The molecule has 0 saturated carbocycles. The summed E-state index contributed by atoms with van der Waals surface area (Å²) >= 11 is 6.46. The van der Waals surface area contributed by atoms with Crippen LogP contribution >= 0.6 is 11.6 Å². The Labute approximate surface area is 129 Å². The van der Waals surface area contributed by atoms with Crippen LogP contribution in [0.1, 0.15) is 47.5 Å². The number of hydrogen-bond donors (Lipinski definition) is 0. The summed E-state index contributed by atoms with van der Waals surface area (Å²) < 4.78 is 23.3. The third-order valence-electron chi connectivity index (χ3n) is 3.58. The molecule has 0 amide bonds. The second-order valence-electron chi connectivity index (χ2n) is 5.10. The predicted molar refractivity (Wildman–Crippen MR) is 83.2 cm³/mol. The van der Waals surface area contributed by atoms with Gasteiger partial charge in [0.1, 0.15) is 0 Å². The summed E-state index contributed by atoms with van der Waals surface area (Å²) in [6.45, 7) is 11.3.